The van der Waals surface area contributed by atoms with Gasteiger partial charge in [0.25, 0.3) is 0 Å². The molecular weight excluding hydrogens is 511 g/mol. The summed E-state index contributed by atoms with van der Waals surface area (Å²) < 4.78 is 11.0. The second-order valence-corrected chi connectivity index (χ2v) is 7.99. The summed E-state index contributed by atoms with van der Waals surface area (Å²) in [5, 5.41) is 7.87. The van der Waals surface area contributed by atoms with Gasteiger partial charge in [0.15, 0.2) is 17.5 Å². The molecule has 0 radical (unpaired) electrons. The minimum Gasteiger partial charge on any atom is -0.493 e. The first-order valence-corrected chi connectivity index (χ1v) is 11.1. The van der Waals surface area contributed by atoms with Crippen LogP contribution in [0.25, 0.3) is 0 Å². The lowest BCUT2D eigenvalue weighted by atomic mass is 10.1. The molecule has 0 spiro atoms. The Bertz CT molecular complexity index is 795. The van der Waals surface area contributed by atoms with Crippen molar-refractivity contribution in [1.29, 1.82) is 0 Å². The number of hydrogen-bond acceptors (Lipinski definition) is 5. The lowest BCUT2D eigenvalue weighted by Gasteiger charge is -2.12. The predicted octanol–water partition coefficient (Wildman–Crippen LogP) is 4.52. The number of thiazole rings is 1. The Hall–Kier alpha value is -1.55. The number of nitrogens with one attached hydrogen (secondary N) is 2. The monoisotopic (exact) mass is 546 g/mol. The van der Waals surface area contributed by atoms with Gasteiger partial charge in [-0.1, -0.05) is 6.07 Å². The lowest BCUT2D eigenvalue weighted by molar-refractivity contribution is 0.310. The summed E-state index contributed by atoms with van der Waals surface area (Å²) in [5.74, 6) is 2.45. The average molecular weight is 547 g/mol. The Kier molecular flexibility index (Phi) is 12.8. The first kappa shape index (κ1) is 26.5. The Balaban J connectivity index is 0.00000450. The molecule has 168 valence electrons. The molecule has 1 aromatic heterocycles. The molecule has 2 aromatic rings. The number of hydrogen-bond donors (Lipinski definition) is 2. The van der Waals surface area contributed by atoms with E-state index in [2.05, 4.69) is 48.5 Å². The number of rotatable bonds is 11. The summed E-state index contributed by atoms with van der Waals surface area (Å²) in [6, 6.07) is 6.13. The van der Waals surface area contributed by atoms with Crippen LogP contribution < -0.4 is 20.1 Å². The fourth-order valence-corrected chi connectivity index (χ4v) is 4.00. The molecule has 0 aliphatic carbocycles. The van der Waals surface area contributed by atoms with Crippen molar-refractivity contribution in [1.82, 2.24) is 15.6 Å². The summed E-state index contributed by atoms with van der Waals surface area (Å²) in [4.78, 5) is 10.5. The Labute approximate surface area is 201 Å². The van der Waals surface area contributed by atoms with Crippen LogP contribution >= 0.6 is 35.3 Å². The van der Waals surface area contributed by atoms with E-state index in [4.69, 9.17) is 14.5 Å². The van der Waals surface area contributed by atoms with Crippen molar-refractivity contribution in [3.8, 4) is 11.5 Å². The van der Waals surface area contributed by atoms with Crippen LogP contribution in [0.5, 0.6) is 11.5 Å². The fourth-order valence-electron chi connectivity index (χ4n) is 3.06. The molecule has 0 unspecified atom stereocenters. The number of aryl methyl sites for hydroxylation is 3. The molecule has 1 heterocycles. The predicted molar refractivity (Wildman–Crippen MR) is 137 cm³/mol. The van der Waals surface area contributed by atoms with Crippen molar-refractivity contribution in [3.05, 3.63) is 39.3 Å². The largest absolute Gasteiger partial charge is 0.493 e. The van der Waals surface area contributed by atoms with Crippen molar-refractivity contribution < 1.29 is 9.47 Å². The molecule has 0 fully saturated rings. The molecule has 0 aliphatic rings. The highest BCUT2D eigenvalue weighted by Crippen LogP contribution is 2.28. The van der Waals surface area contributed by atoms with Crippen LogP contribution in [0, 0.1) is 13.8 Å². The molecule has 0 atom stereocenters. The van der Waals surface area contributed by atoms with E-state index in [0.717, 1.165) is 67.1 Å². The first-order chi connectivity index (χ1) is 14.1. The summed E-state index contributed by atoms with van der Waals surface area (Å²) in [6.07, 6.45) is 2.89. The second-order valence-electron chi connectivity index (χ2n) is 6.70. The van der Waals surface area contributed by atoms with Crippen molar-refractivity contribution in [2.45, 2.75) is 47.0 Å². The highest BCUT2D eigenvalue weighted by molar-refractivity contribution is 14.0. The van der Waals surface area contributed by atoms with E-state index in [-0.39, 0.29) is 24.0 Å². The topological polar surface area (TPSA) is 67.8 Å². The summed E-state index contributed by atoms with van der Waals surface area (Å²) in [7, 11) is 1.67. The zero-order valence-electron chi connectivity index (χ0n) is 18.7. The van der Waals surface area contributed by atoms with E-state index < -0.39 is 0 Å². The zero-order chi connectivity index (χ0) is 21.1. The first-order valence-electron chi connectivity index (χ1n) is 10.3. The number of aliphatic imine (C=N–C) groups is 1. The van der Waals surface area contributed by atoms with Crippen molar-refractivity contribution in [3.63, 3.8) is 0 Å². The van der Waals surface area contributed by atoms with Gasteiger partial charge in [-0.3, -0.25) is 4.99 Å². The van der Waals surface area contributed by atoms with E-state index in [1.54, 1.807) is 18.4 Å². The molecule has 30 heavy (non-hydrogen) atoms. The van der Waals surface area contributed by atoms with Gasteiger partial charge in [0.05, 0.1) is 24.4 Å². The maximum Gasteiger partial charge on any atom is 0.191 e. The normalized spacial score (nSPS) is 11.0. The maximum atomic E-state index is 5.66. The molecule has 0 saturated carbocycles. The Morgan fingerprint density at radius 3 is 2.57 bits per heavy atom. The molecule has 2 rings (SSSR count). The van der Waals surface area contributed by atoms with Crippen LogP contribution in [-0.2, 0) is 12.8 Å². The second kappa shape index (κ2) is 14.5. The Morgan fingerprint density at radius 2 is 1.93 bits per heavy atom. The van der Waals surface area contributed by atoms with E-state index in [1.165, 1.54) is 10.4 Å². The van der Waals surface area contributed by atoms with Gasteiger partial charge in [0.1, 0.15) is 0 Å². The van der Waals surface area contributed by atoms with Crippen molar-refractivity contribution in [2.24, 2.45) is 4.99 Å². The van der Waals surface area contributed by atoms with Gasteiger partial charge in [-0.25, -0.2) is 4.98 Å². The van der Waals surface area contributed by atoms with Gasteiger partial charge >= 0.3 is 0 Å². The molecule has 2 N–H and O–H groups in total. The van der Waals surface area contributed by atoms with E-state index in [1.807, 2.05) is 13.0 Å². The number of ether oxygens (including phenoxy) is 2. The molecule has 0 amide bonds. The number of nitrogens with zero attached hydrogens (tertiary/aromatic N) is 2. The molecule has 0 saturated heterocycles. The lowest BCUT2D eigenvalue weighted by Crippen LogP contribution is -2.38. The van der Waals surface area contributed by atoms with Gasteiger partial charge in [0, 0.05) is 30.9 Å². The summed E-state index contributed by atoms with van der Waals surface area (Å²) in [5.41, 5.74) is 2.38. The van der Waals surface area contributed by atoms with Crippen molar-refractivity contribution >= 4 is 41.3 Å². The molecule has 0 bridgehead atoms. The number of methoxy groups -OCH3 is 1. The van der Waals surface area contributed by atoms with Gasteiger partial charge in [-0.2, -0.15) is 0 Å². The third kappa shape index (κ3) is 8.67. The standard InChI is InChI=1S/C22H34N4O2S.HI/c1-6-23-22(25-14-12-21-16(3)26-17(4)29-21)24-13-8-9-18-10-11-19(27-5)20(15-18)28-7-2;/h10-11,15H,6-9,12-14H2,1-5H3,(H2,23,24,25);1H. The van der Waals surface area contributed by atoms with Crippen LogP contribution in [0.15, 0.2) is 23.2 Å². The van der Waals surface area contributed by atoms with Crippen LogP contribution in [0.1, 0.15) is 41.4 Å². The number of guanidine groups is 1. The van der Waals surface area contributed by atoms with E-state index >= 15 is 0 Å². The zero-order valence-corrected chi connectivity index (χ0v) is 21.9. The van der Waals surface area contributed by atoms with Crippen LogP contribution in [0.2, 0.25) is 0 Å². The summed E-state index contributed by atoms with van der Waals surface area (Å²) in [6.45, 7) is 11.3. The molecule has 8 heteroatoms. The molecular formula is C22H35IN4O2S. The Morgan fingerprint density at radius 1 is 1.13 bits per heavy atom. The van der Waals surface area contributed by atoms with Crippen LogP contribution in [-0.4, -0.2) is 44.3 Å². The highest BCUT2D eigenvalue weighted by Gasteiger charge is 2.06. The van der Waals surface area contributed by atoms with Crippen molar-refractivity contribution in [2.75, 3.05) is 33.4 Å². The maximum absolute atomic E-state index is 5.66. The van der Waals surface area contributed by atoms with Gasteiger partial charge < -0.3 is 20.1 Å². The molecule has 1 aromatic carbocycles. The van der Waals surface area contributed by atoms with E-state index in [0.29, 0.717) is 6.61 Å². The average Bonchev–Trinajstić information content (AvgIpc) is 3.02. The van der Waals surface area contributed by atoms with Crippen LogP contribution in [0.3, 0.4) is 0 Å². The number of aromatic nitrogens is 1. The van der Waals surface area contributed by atoms with Crippen LogP contribution in [0.4, 0.5) is 0 Å². The highest BCUT2D eigenvalue weighted by atomic mass is 127. The summed E-state index contributed by atoms with van der Waals surface area (Å²) >= 11 is 1.78. The van der Waals surface area contributed by atoms with Gasteiger partial charge in [-0.05, 0) is 58.2 Å². The number of halogens is 1. The third-order valence-corrected chi connectivity index (χ3v) is 5.54. The minimum atomic E-state index is 0. The minimum absolute atomic E-state index is 0. The van der Waals surface area contributed by atoms with Gasteiger partial charge in [-0.15, -0.1) is 35.3 Å². The van der Waals surface area contributed by atoms with E-state index in [9.17, 15) is 0 Å². The fraction of sp³-hybridized carbons (Fsp3) is 0.545. The third-order valence-electron chi connectivity index (χ3n) is 4.41. The number of benzene rings is 1. The molecule has 6 nitrogen and oxygen atoms in total. The smallest absolute Gasteiger partial charge is 0.191 e. The van der Waals surface area contributed by atoms with Gasteiger partial charge in [0.2, 0.25) is 0 Å². The quantitative estimate of drug-likeness (QED) is 0.188. The molecule has 0 aliphatic heterocycles. The SMILES string of the molecule is CCNC(=NCCCc1ccc(OC)c(OCC)c1)NCCc1sc(C)nc1C.I.